The summed E-state index contributed by atoms with van der Waals surface area (Å²) in [6.07, 6.45) is -4.66. The fourth-order valence-electron chi connectivity index (χ4n) is 2.34. The van der Waals surface area contributed by atoms with E-state index < -0.39 is 22.8 Å². The first-order valence-electron chi connectivity index (χ1n) is 6.11. The number of alkyl halides is 3. The van der Waals surface area contributed by atoms with Crippen LogP contribution in [0, 0.1) is 0 Å². The van der Waals surface area contributed by atoms with Gasteiger partial charge in [-0.3, -0.25) is 0 Å². The van der Waals surface area contributed by atoms with Crippen LogP contribution < -0.4 is 4.90 Å². The number of morpholine rings is 1. The van der Waals surface area contributed by atoms with Crippen molar-refractivity contribution in [2.45, 2.75) is 38.7 Å². The zero-order valence-electron chi connectivity index (χ0n) is 11.3. The molecule has 0 aliphatic carbocycles. The Labute approximate surface area is 119 Å². The Morgan fingerprint density at radius 3 is 2.60 bits per heavy atom. The van der Waals surface area contributed by atoms with Crippen molar-refractivity contribution in [3.8, 4) is 0 Å². The lowest BCUT2D eigenvalue weighted by Crippen LogP contribution is -2.52. The van der Waals surface area contributed by atoms with Gasteiger partial charge in [0, 0.05) is 19.2 Å². The van der Waals surface area contributed by atoms with E-state index in [1.807, 2.05) is 20.8 Å². The number of aromatic nitrogens is 2. The zero-order valence-corrected chi connectivity index (χ0v) is 12.1. The highest BCUT2D eigenvalue weighted by Gasteiger charge is 2.36. The minimum absolute atomic E-state index is 0.109. The maximum atomic E-state index is 12.8. The number of anilines is 1. The van der Waals surface area contributed by atoms with Gasteiger partial charge in [0.25, 0.3) is 0 Å². The van der Waals surface area contributed by atoms with Gasteiger partial charge in [0.1, 0.15) is 5.82 Å². The van der Waals surface area contributed by atoms with E-state index >= 15 is 0 Å². The molecule has 20 heavy (non-hydrogen) atoms. The Morgan fingerprint density at radius 1 is 1.40 bits per heavy atom. The molecule has 1 aromatic heterocycles. The van der Waals surface area contributed by atoms with Gasteiger partial charge >= 0.3 is 6.18 Å². The second-order valence-corrected chi connectivity index (χ2v) is 5.78. The zero-order chi connectivity index (χ0) is 15.1. The molecule has 0 radical (unpaired) electrons. The molecule has 2 heterocycles. The summed E-state index contributed by atoms with van der Waals surface area (Å²) in [7, 11) is 0. The van der Waals surface area contributed by atoms with Gasteiger partial charge < -0.3 is 9.64 Å². The van der Waals surface area contributed by atoms with Crippen LogP contribution in [0.4, 0.5) is 19.0 Å². The summed E-state index contributed by atoms with van der Waals surface area (Å²) in [6.45, 7) is 6.50. The van der Waals surface area contributed by atoms with E-state index in [4.69, 9.17) is 16.3 Å². The number of nitrogens with zero attached hydrogens (tertiary/aromatic N) is 3. The predicted molar refractivity (Wildman–Crippen MR) is 68.9 cm³/mol. The lowest BCUT2D eigenvalue weighted by atomic mass is 10.1. The van der Waals surface area contributed by atoms with Crippen molar-refractivity contribution in [2.24, 2.45) is 0 Å². The van der Waals surface area contributed by atoms with Gasteiger partial charge in [-0.2, -0.15) is 13.2 Å². The molecule has 112 valence electrons. The molecule has 0 N–H and O–H groups in total. The van der Waals surface area contributed by atoms with E-state index in [1.165, 1.54) is 0 Å². The molecule has 1 unspecified atom stereocenters. The van der Waals surface area contributed by atoms with Gasteiger partial charge in [-0.25, -0.2) is 9.97 Å². The molecule has 0 aromatic carbocycles. The normalized spacial score (nSPS) is 22.9. The van der Waals surface area contributed by atoms with Crippen LogP contribution in [0.3, 0.4) is 0 Å². The molecule has 0 bridgehead atoms. The van der Waals surface area contributed by atoms with Gasteiger partial charge in [-0.1, -0.05) is 0 Å². The van der Waals surface area contributed by atoms with E-state index in [0.717, 1.165) is 6.07 Å². The molecule has 1 aliphatic rings. The number of halogens is 4. The van der Waals surface area contributed by atoms with Crippen molar-refractivity contribution < 1.29 is 17.9 Å². The molecule has 1 fully saturated rings. The fraction of sp³-hybridized carbons (Fsp3) is 0.667. The third kappa shape index (κ3) is 3.52. The lowest BCUT2D eigenvalue weighted by Gasteiger charge is -2.42. The summed E-state index contributed by atoms with van der Waals surface area (Å²) in [4.78, 5) is 8.86. The summed E-state index contributed by atoms with van der Waals surface area (Å²) in [5.41, 5.74) is -1.50. The lowest BCUT2D eigenvalue weighted by molar-refractivity contribution is -0.141. The van der Waals surface area contributed by atoms with Crippen molar-refractivity contribution >= 4 is 17.4 Å². The smallest absolute Gasteiger partial charge is 0.369 e. The van der Waals surface area contributed by atoms with Crippen LogP contribution in [0.25, 0.3) is 0 Å². The molecular weight excluding hydrogens is 295 g/mol. The molecule has 8 heteroatoms. The molecule has 1 aliphatic heterocycles. The third-order valence-corrected chi connectivity index (χ3v) is 3.04. The number of hydrogen-bond donors (Lipinski definition) is 0. The summed E-state index contributed by atoms with van der Waals surface area (Å²) in [6, 6.07) is 0.917. The van der Waals surface area contributed by atoms with E-state index in [-0.39, 0.29) is 11.9 Å². The van der Waals surface area contributed by atoms with Crippen LogP contribution >= 0.6 is 11.6 Å². The van der Waals surface area contributed by atoms with E-state index in [1.54, 1.807) is 4.90 Å². The van der Waals surface area contributed by atoms with E-state index in [0.29, 0.717) is 13.1 Å². The van der Waals surface area contributed by atoms with Crippen LogP contribution in [-0.2, 0) is 10.9 Å². The Morgan fingerprint density at radius 2 is 2.05 bits per heavy atom. The SMILES string of the molecule is CC1CN(c2cc(C(F)(F)F)nc(Cl)n2)CC(C)(C)O1. The maximum Gasteiger partial charge on any atom is 0.433 e. The van der Waals surface area contributed by atoms with Crippen LogP contribution in [-0.4, -0.2) is 34.8 Å². The highest BCUT2D eigenvalue weighted by atomic mass is 35.5. The first-order valence-corrected chi connectivity index (χ1v) is 6.49. The first kappa shape index (κ1) is 15.3. The largest absolute Gasteiger partial charge is 0.433 e. The average Bonchev–Trinajstić information content (AvgIpc) is 2.24. The van der Waals surface area contributed by atoms with Crippen molar-refractivity contribution in [1.82, 2.24) is 9.97 Å². The predicted octanol–water partition coefficient (Wildman–Crippen LogP) is 3.15. The van der Waals surface area contributed by atoms with Crippen molar-refractivity contribution in [3.63, 3.8) is 0 Å². The molecule has 1 saturated heterocycles. The quantitative estimate of drug-likeness (QED) is 0.747. The Kier molecular flexibility index (Phi) is 3.85. The Bertz CT molecular complexity index is 507. The van der Waals surface area contributed by atoms with Crippen molar-refractivity contribution in [2.75, 3.05) is 18.0 Å². The number of rotatable bonds is 1. The molecule has 0 amide bonds. The second kappa shape index (κ2) is 5.04. The van der Waals surface area contributed by atoms with Crippen LogP contribution in [0.2, 0.25) is 5.28 Å². The van der Waals surface area contributed by atoms with Crippen molar-refractivity contribution in [1.29, 1.82) is 0 Å². The van der Waals surface area contributed by atoms with Crippen LogP contribution in [0.1, 0.15) is 26.5 Å². The number of hydrogen-bond acceptors (Lipinski definition) is 4. The minimum Gasteiger partial charge on any atom is -0.369 e. The van der Waals surface area contributed by atoms with Gasteiger partial charge in [-0.15, -0.1) is 0 Å². The Balaban J connectivity index is 2.35. The highest BCUT2D eigenvalue weighted by Crippen LogP contribution is 2.32. The Hall–Kier alpha value is -1.08. The highest BCUT2D eigenvalue weighted by molar-refractivity contribution is 6.28. The van der Waals surface area contributed by atoms with Gasteiger partial charge in [0.2, 0.25) is 5.28 Å². The molecule has 2 rings (SSSR count). The van der Waals surface area contributed by atoms with Gasteiger partial charge in [-0.05, 0) is 32.4 Å². The van der Waals surface area contributed by atoms with Crippen molar-refractivity contribution in [3.05, 3.63) is 17.0 Å². The molecule has 1 atom stereocenters. The molecule has 1 aromatic rings. The first-order chi connectivity index (χ1) is 9.07. The van der Waals surface area contributed by atoms with Crippen LogP contribution in [0.15, 0.2) is 6.07 Å². The molecule has 0 saturated carbocycles. The summed E-state index contributed by atoms with van der Waals surface area (Å²) in [5.74, 6) is 0.167. The topological polar surface area (TPSA) is 38.2 Å². The summed E-state index contributed by atoms with van der Waals surface area (Å²) < 4.78 is 44.0. The minimum atomic E-state index is -4.55. The van der Waals surface area contributed by atoms with E-state index in [9.17, 15) is 13.2 Å². The summed E-state index contributed by atoms with van der Waals surface area (Å²) >= 11 is 5.60. The third-order valence-electron chi connectivity index (χ3n) is 2.87. The molecular formula is C12H15ClF3N3O. The average molecular weight is 310 g/mol. The van der Waals surface area contributed by atoms with Crippen LogP contribution in [0.5, 0.6) is 0 Å². The number of ether oxygens (including phenoxy) is 1. The molecule has 0 spiro atoms. The summed E-state index contributed by atoms with van der Waals surface area (Å²) in [5, 5.41) is -0.410. The van der Waals surface area contributed by atoms with E-state index in [2.05, 4.69) is 9.97 Å². The maximum absolute atomic E-state index is 12.8. The second-order valence-electron chi connectivity index (χ2n) is 5.45. The molecule has 4 nitrogen and oxygen atoms in total. The van der Waals surface area contributed by atoms with Gasteiger partial charge in [0.15, 0.2) is 5.69 Å². The van der Waals surface area contributed by atoms with Gasteiger partial charge in [0.05, 0.1) is 11.7 Å². The monoisotopic (exact) mass is 309 g/mol. The fourth-order valence-corrected chi connectivity index (χ4v) is 2.52. The standard InChI is InChI=1S/C12H15ClF3N3O/c1-7-5-19(6-11(2,3)20-7)9-4-8(12(14,15)16)17-10(13)18-9/h4,7H,5-6H2,1-3H3.